The van der Waals surface area contributed by atoms with Crippen LogP contribution in [0.5, 0.6) is 0 Å². The summed E-state index contributed by atoms with van der Waals surface area (Å²) in [6, 6.07) is 0. The molecule has 1 rings (SSSR count). The molecule has 0 saturated heterocycles. The van der Waals surface area contributed by atoms with Crippen LogP contribution in [0.1, 0.15) is 6.42 Å². The normalized spacial score (nSPS) is 22.8. The number of esters is 1. The van der Waals surface area contributed by atoms with Crippen LogP contribution in [0.2, 0.25) is 0 Å². The summed E-state index contributed by atoms with van der Waals surface area (Å²) in [5.41, 5.74) is 0. The Morgan fingerprint density at radius 1 is 1.82 bits per heavy atom. The van der Waals surface area contributed by atoms with E-state index in [1.807, 2.05) is 0 Å². The lowest BCUT2D eigenvalue weighted by Gasteiger charge is -2.04. The van der Waals surface area contributed by atoms with Gasteiger partial charge in [0.2, 0.25) is 0 Å². The first-order valence-electron chi connectivity index (χ1n) is 2.89. The first-order chi connectivity index (χ1) is 5.09. The number of carbonyl (C=O) groups excluding carboxylic acids is 1. The highest BCUT2D eigenvalue weighted by Gasteiger charge is 2.28. The summed E-state index contributed by atoms with van der Waals surface area (Å²) in [7, 11) is 0. The van der Waals surface area contributed by atoms with Gasteiger partial charge < -0.3 is 9.84 Å². The van der Waals surface area contributed by atoms with Crippen LogP contribution >= 0.6 is 0 Å². The molecule has 0 saturated carbocycles. The smallest absolute Gasteiger partial charge is 0.334 e. The van der Waals surface area contributed by atoms with E-state index in [0.29, 0.717) is 6.08 Å². The Labute approximate surface area is 61.3 Å². The zero-order valence-corrected chi connectivity index (χ0v) is 5.41. The van der Waals surface area contributed by atoms with Crippen molar-refractivity contribution in [1.29, 1.82) is 0 Å². The van der Waals surface area contributed by atoms with E-state index in [1.165, 1.54) is 0 Å². The Morgan fingerprint density at radius 2 is 2.45 bits per heavy atom. The van der Waals surface area contributed by atoms with Crippen LogP contribution in [0.15, 0.2) is 11.9 Å². The second kappa shape index (κ2) is 2.69. The molecule has 0 aliphatic carbocycles. The van der Waals surface area contributed by atoms with Gasteiger partial charge in [0.25, 0.3) is 0 Å². The lowest BCUT2D eigenvalue weighted by atomic mass is 10.2. The van der Waals surface area contributed by atoms with Crippen LogP contribution in [-0.2, 0) is 14.3 Å². The number of aliphatic carboxylic acids is 1. The second-order valence-corrected chi connectivity index (χ2v) is 2.05. The molecule has 4 nitrogen and oxygen atoms in total. The SMILES string of the molecule is O=C(O)CC1OC(=O)C=C1F. The maximum absolute atomic E-state index is 12.5. The summed E-state index contributed by atoms with van der Waals surface area (Å²) < 4.78 is 16.7. The van der Waals surface area contributed by atoms with E-state index in [0.717, 1.165) is 0 Å². The number of carboxylic acid groups (broad SMARTS) is 1. The van der Waals surface area contributed by atoms with E-state index in [4.69, 9.17) is 5.11 Å². The molecule has 0 aromatic rings. The molecule has 60 valence electrons. The van der Waals surface area contributed by atoms with Crippen molar-refractivity contribution in [3.05, 3.63) is 11.9 Å². The van der Waals surface area contributed by atoms with E-state index >= 15 is 0 Å². The minimum Gasteiger partial charge on any atom is -0.481 e. The van der Waals surface area contributed by atoms with Crippen molar-refractivity contribution < 1.29 is 23.8 Å². The summed E-state index contributed by atoms with van der Waals surface area (Å²) in [6.07, 6.45) is -1.10. The van der Waals surface area contributed by atoms with E-state index < -0.39 is 30.3 Å². The van der Waals surface area contributed by atoms with Crippen molar-refractivity contribution in [2.45, 2.75) is 12.5 Å². The number of cyclic esters (lactones) is 1. The fourth-order valence-corrected chi connectivity index (χ4v) is 0.734. The number of rotatable bonds is 2. The average molecular weight is 160 g/mol. The molecule has 1 heterocycles. The molecule has 5 heteroatoms. The van der Waals surface area contributed by atoms with Crippen molar-refractivity contribution in [3.63, 3.8) is 0 Å². The quantitative estimate of drug-likeness (QED) is 0.587. The molecule has 0 aromatic heterocycles. The van der Waals surface area contributed by atoms with Crippen LogP contribution in [0.4, 0.5) is 4.39 Å². The Hall–Kier alpha value is -1.39. The van der Waals surface area contributed by atoms with E-state index in [-0.39, 0.29) is 0 Å². The van der Waals surface area contributed by atoms with E-state index in [2.05, 4.69) is 4.74 Å². The van der Waals surface area contributed by atoms with Crippen molar-refractivity contribution in [2.24, 2.45) is 0 Å². The van der Waals surface area contributed by atoms with Crippen LogP contribution in [0.3, 0.4) is 0 Å². The number of halogens is 1. The number of ether oxygens (including phenoxy) is 1. The van der Waals surface area contributed by atoms with Gasteiger partial charge in [-0.2, -0.15) is 0 Å². The summed E-state index contributed by atoms with van der Waals surface area (Å²) in [5.74, 6) is -2.85. The predicted octanol–water partition coefficient (Wildman–Crippen LogP) is 0.240. The number of hydrogen-bond donors (Lipinski definition) is 1. The minimum atomic E-state index is -1.22. The highest BCUT2D eigenvalue weighted by molar-refractivity contribution is 5.86. The van der Waals surface area contributed by atoms with Crippen molar-refractivity contribution in [1.82, 2.24) is 0 Å². The van der Waals surface area contributed by atoms with Gasteiger partial charge in [0.1, 0.15) is 5.83 Å². The molecule has 1 atom stereocenters. The van der Waals surface area contributed by atoms with Gasteiger partial charge in [-0.25, -0.2) is 9.18 Å². The third kappa shape index (κ3) is 1.76. The summed E-state index contributed by atoms with van der Waals surface area (Å²) in [5, 5.41) is 8.19. The standard InChI is InChI=1S/C6H5FO4/c7-3-1-6(10)11-4(3)2-5(8)9/h1,4H,2H2,(H,8,9). The van der Waals surface area contributed by atoms with E-state index in [1.54, 1.807) is 0 Å². The van der Waals surface area contributed by atoms with Gasteiger partial charge in [0, 0.05) is 0 Å². The Morgan fingerprint density at radius 3 is 2.82 bits per heavy atom. The summed E-state index contributed by atoms with van der Waals surface area (Å²) >= 11 is 0. The topological polar surface area (TPSA) is 63.6 Å². The molecular formula is C6H5FO4. The van der Waals surface area contributed by atoms with Crippen LogP contribution in [0.25, 0.3) is 0 Å². The molecule has 0 aromatic carbocycles. The molecular weight excluding hydrogens is 155 g/mol. The maximum Gasteiger partial charge on any atom is 0.334 e. The molecule has 0 fully saturated rings. The van der Waals surface area contributed by atoms with Gasteiger partial charge in [0.05, 0.1) is 12.5 Å². The largest absolute Gasteiger partial charge is 0.481 e. The molecule has 1 N–H and O–H groups in total. The molecule has 0 bridgehead atoms. The number of carboxylic acids is 1. The number of carbonyl (C=O) groups is 2. The highest BCUT2D eigenvalue weighted by atomic mass is 19.1. The Bertz CT molecular complexity index is 233. The molecule has 0 spiro atoms. The second-order valence-electron chi connectivity index (χ2n) is 2.05. The molecule has 0 radical (unpaired) electrons. The fourth-order valence-electron chi connectivity index (χ4n) is 0.734. The van der Waals surface area contributed by atoms with Crippen molar-refractivity contribution in [2.75, 3.05) is 0 Å². The van der Waals surface area contributed by atoms with Gasteiger partial charge >= 0.3 is 11.9 Å². The fraction of sp³-hybridized carbons (Fsp3) is 0.333. The van der Waals surface area contributed by atoms with Crippen molar-refractivity contribution in [3.8, 4) is 0 Å². The van der Waals surface area contributed by atoms with Gasteiger partial charge in [-0.1, -0.05) is 0 Å². The lowest BCUT2D eigenvalue weighted by molar-refractivity contribution is -0.144. The first-order valence-corrected chi connectivity index (χ1v) is 2.89. The molecule has 11 heavy (non-hydrogen) atoms. The number of hydrogen-bond acceptors (Lipinski definition) is 3. The van der Waals surface area contributed by atoms with Gasteiger partial charge in [-0.3, -0.25) is 4.79 Å². The average Bonchev–Trinajstić information content (AvgIpc) is 2.09. The predicted molar refractivity (Wildman–Crippen MR) is 31.3 cm³/mol. The zero-order valence-electron chi connectivity index (χ0n) is 5.41. The first kappa shape index (κ1) is 7.71. The Balaban J connectivity index is 2.57. The van der Waals surface area contributed by atoms with Gasteiger partial charge in [0.15, 0.2) is 6.10 Å². The highest BCUT2D eigenvalue weighted by Crippen LogP contribution is 2.19. The minimum absolute atomic E-state index is 0.520. The maximum atomic E-state index is 12.5. The van der Waals surface area contributed by atoms with Gasteiger partial charge in [-0.15, -0.1) is 0 Å². The van der Waals surface area contributed by atoms with Crippen LogP contribution < -0.4 is 0 Å². The lowest BCUT2D eigenvalue weighted by Crippen LogP contribution is -2.15. The Kier molecular flexibility index (Phi) is 1.89. The summed E-state index contributed by atoms with van der Waals surface area (Å²) in [6.45, 7) is 0. The zero-order chi connectivity index (χ0) is 8.43. The van der Waals surface area contributed by atoms with Gasteiger partial charge in [-0.05, 0) is 0 Å². The third-order valence-electron chi connectivity index (χ3n) is 1.18. The summed E-state index contributed by atoms with van der Waals surface area (Å²) in [4.78, 5) is 20.3. The molecule has 1 aliphatic heterocycles. The monoisotopic (exact) mass is 160 g/mol. The molecule has 1 aliphatic rings. The molecule has 1 unspecified atom stereocenters. The van der Waals surface area contributed by atoms with Crippen LogP contribution in [-0.4, -0.2) is 23.1 Å². The third-order valence-corrected chi connectivity index (χ3v) is 1.18. The van der Waals surface area contributed by atoms with Crippen LogP contribution in [0, 0.1) is 0 Å². The van der Waals surface area contributed by atoms with Crippen molar-refractivity contribution >= 4 is 11.9 Å². The van der Waals surface area contributed by atoms with E-state index in [9.17, 15) is 14.0 Å². The molecule has 0 amide bonds.